The largest absolute Gasteiger partial charge is 0.337 e. The number of hydrogen-bond acceptors (Lipinski definition) is 5. The molecule has 0 fully saturated rings. The van der Waals surface area contributed by atoms with Crippen LogP contribution < -0.4 is 0 Å². The summed E-state index contributed by atoms with van der Waals surface area (Å²) in [5, 5.41) is 4.13. The second-order valence-corrected chi connectivity index (χ2v) is 8.79. The Kier molecular flexibility index (Phi) is 6.16. The molecular formula is C28H25N5O3. The van der Waals surface area contributed by atoms with Crippen molar-refractivity contribution in [2.75, 3.05) is 7.05 Å². The van der Waals surface area contributed by atoms with E-state index in [9.17, 15) is 14.4 Å². The third-order valence-electron chi connectivity index (χ3n) is 6.68. The van der Waals surface area contributed by atoms with Gasteiger partial charge in [-0.3, -0.25) is 19.3 Å². The first-order valence-electron chi connectivity index (χ1n) is 11.7. The highest BCUT2D eigenvalue weighted by molar-refractivity contribution is 6.22. The quantitative estimate of drug-likeness (QED) is 0.377. The molecule has 36 heavy (non-hydrogen) atoms. The molecule has 1 aromatic heterocycles. The van der Waals surface area contributed by atoms with Gasteiger partial charge < -0.3 is 4.90 Å². The van der Waals surface area contributed by atoms with Gasteiger partial charge in [0.05, 0.1) is 22.9 Å². The van der Waals surface area contributed by atoms with Crippen LogP contribution in [0.15, 0.2) is 91.5 Å². The average molecular weight is 480 g/mol. The fourth-order valence-corrected chi connectivity index (χ4v) is 4.51. The maximum Gasteiger partial charge on any atom is 0.262 e. The molecular weight excluding hydrogens is 454 g/mol. The molecule has 8 nitrogen and oxygen atoms in total. The zero-order valence-corrected chi connectivity index (χ0v) is 20.0. The number of likely N-dealkylation sites (N-methyl/N-ethyl adjacent to an activating group) is 1. The van der Waals surface area contributed by atoms with Crippen LogP contribution in [0.3, 0.4) is 0 Å². The molecule has 2 heterocycles. The van der Waals surface area contributed by atoms with E-state index >= 15 is 0 Å². The summed E-state index contributed by atoms with van der Waals surface area (Å²) >= 11 is 0. The van der Waals surface area contributed by atoms with E-state index < -0.39 is 17.9 Å². The van der Waals surface area contributed by atoms with Crippen molar-refractivity contribution in [3.63, 3.8) is 0 Å². The minimum atomic E-state index is -0.971. The average Bonchev–Trinajstić information content (AvgIpc) is 3.54. The molecule has 0 spiro atoms. The highest BCUT2D eigenvalue weighted by Crippen LogP contribution is 2.29. The number of hydrogen-bond donors (Lipinski definition) is 0. The third kappa shape index (κ3) is 4.17. The molecule has 2 atom stereocenters. The second kappa shape index (κ2) is 9.58. The van der Waals surface area contributed by atoms with Crippen molar-refractivity contribution in [2.24, 2.45) is 0 Å². The number of benzene rings is 3. The van der Waals surface area contributed by atoms with Gasteiger partial charge in [0.25, 0.3) is 11.8 Å². The van der Waals surface area contributed by atoms with Crippen molar-refractivity contribution in [3.8, 4) is 5.69 Å². The Morgan fingerprint density at radius 3 is 2.08 bits per heavy atom. The second-order valence-electron chi connectivity index (χ2n) is 8.79. The molecule has 0 saturated carbocycles. The molecule has 0 saturated heterocycles. The van der Waals surface area contributed by atoms with E-state index in [0.717, 1.165) is 21.7 Å². The molecule has 0 N–H and O–H groups in total. The number of imide groups is 1. The van der Waals surface area contributed by atoms with Crippen molar-refractivity contribution in [2.45, 2.75) is 25.4 Å². The van der Waals surface area contributed by atoms with Crippen molar-refractivity contribution >= 4 is 17.7 Å². The molecule has 1 aliphatic rings. The summed E-state index contributed by atoms with van der Waals surface area (Å²) in [6.45, 7) is 1.92. The summed E-state index contributed by atoms with van der Waals surface area (Å²) in [7, 11) is 1.70. The highest BCUT2D eigenvalue weighted by Gasteiger charge is 2.44. The van der Waals surface area contributed by atoms with Gasteiger partial charge in [-0.2, -0.15) is 5.10 Å². The summed E-state index contributed by atoms with van der Waals surface area (Å²) in [5.41, 5.74) is 3.28. The summed E-state index contributed by atoms with van der Waals surface area (Å²) in [6, 6.07) is 22.5. The Morgan fingerprint density at radius 1 is 0.889 bits per heavy atom. The zero-order chi connectivity index (χ0) is 25.2. The minimum absolute atomic E-state index is 0.230. The van der Waals surface area contributed by atoms with Crippen LogP contribution in [0.25, 0.3) is 5.69 Å². The SMILES string of the molecule is CC(c1ccc(-n2cncn2)cc1)N(C)C(=O)C(Cc1ccccc1)N1C(=O)c2ccccc2C1=O. The summed E-state index contributed by atoms with van der Waals surface area (Å²) < 4.78 is 1.65. The molecule has 0 radical (unpaired) electrons. The van der Waals surface area contributed by atoms with Crippen molar-refractivity contribution in [1.82, 2.24) is 24.6 Å². The van der Waals surface area contributed by atoms with Crippen LogP contribution in [0, 0.1) is 0 Å². The smallest absolute Gasteiger partial charge is 0.262 e. The number of rotatable bonds is 7. The predicted octanol–water partition coefficient (Wildman–Crippen LogP) is 3.69. The summed E-state index contributed by atoms with van der Waals surface area (Å²) in [4.78, 5) is 47.1. The van der Waals surface area contributed by atoms with Gasteiger partial charge in [0, 0.05) is 13.5 Å². The van der Waals surface area contributed by atoms with Crippen LogP contribution in [0.4, 0.5) is 0 Å². The van der Waals surface area contributed by atoms with Crippen LogP contribution in [0.5, 0.6) is 0 Å². The topological polar surface area (TPSA) is 88.4 Å². The molecule has 5 rings (SSSR count). The van der Waals surface area contributed by atoms with Gasteiger partial charge in [-0.1, -0.05) is 54.6 Å². The molecule has 8 heteroatoms. The van der Waals surface area contributed by atoms with Crippen molar-refractivity contribution in [1.29, 1.82) is 0 Å². The maximum absolute atomic E-state index is 13.9. The van der Waals surface area contributed by atoms with Crippen LogP contribution in [0.1, 0.15) is 44.8 Å². The van der Waals surface area contributed by atoms with E-state index in [1.54, 1.807) is 47.2 Å². The molecule has 4 aromatic rings. The number of amides is 3. The standard InChI is InChI=1S/C28H25N5O3/c1-19(21-12-14-22(15-13-21)32-18-29-17-30-32)31(2)28(36)25(16-20-8-4-3-5-9-20)33-26(34)23-10-6-7-11-24(23)27(33)35/h3-15,17-19,25H,16H2,1-2H3. The Balaban J connectivity index is 1.43. The first-order valence-corrected chi connectivity index (χ1v) is 11.7. The van der Waals surface area contributed by atoms with Gasteiger partial charge in [0.2, 0.25) is 5.91 Å². The Morgan fingerprint density at radius 2 is 1.50 bits per heavy atom. The summed E-state index contributed by atoms with van der Waals surface area (Å²) in [5.74, 6) is -1.19. The lowest BCUT2D eigenvalue weighted by molar-refractivity contribution is -0.136. The van der Waals surface area contributed by atoms with Gasteiger partial charge >= 0.3 is 0 Å². The van der Waals surface area contributed by atoms with E-state index in [1.807, 2.05) is 61.5 Å². The molecule has 1 aliphatic heterocycles. The number of nitrogens with zero attached hydrogens (tertiary/aromatic N) is 5. The van der Waals surface area contributed by atoms with Crippen LogP contribution in [-0.4, -0.2) is 55.4 Å². The first kappa shape index (κ1) is 23.2. The number of carbonyl (C=O) groups excluding carboxylic acids is 3. The zero-order valence-electron chi connectivity index (χ0n) is 20.0. The third-order valence-corrected chi connectivity index (χ3v) is 6.68. The number of fused-ring (bicyclic) bond motifs is 1. The van der Waals surface area contributed by atoms with E-state index in [0.29, 0.717) is 11.1 Å². The van der Waals surface area contributed by atoms with Crippen molar-refractivity contribution in [3.05, 3.63) is 114 Å². The lowest BCUT2D eigenvalue weighted by Gasteiger charge is -2.33. The fourth-order valence-electron chi connectivity index (χ4n) is 4.51. The van der Waals surface area contributed by atoms with Gasteiger partial charge in [0.1, 0.15) is 18.7 Å². The monoisotopic (exact) mass is 479 g/mol. The van der Waals surface area contributed by atoms with Crippen LogP contribution in [0.2, 0.25) is 0 Å². The van der Waals surface area contributed by atoms with Gasteiger partial charge in [-0.15, -0.1) is 0 Å². The summed E-state index contributed by atoms with van der Waals surface area (Å²) in [6.07, 6.45) is 3.31. The van der Waals surface area contributed by atoms with Gasteiger partial charge in [0.15, 0.2) is 0 Å². The molecule has 180 valence electrons. The molecule has 0 bridgehead atoms. The number of aromatic nitrogens is 3. The van der Waals surface area contributed by atoms with Gasteiger partial charge in [-0.05, 0) is 42.3 Å². The Labute approximate surface area is 208 Å². The van der Waals surface area contributed by atoms with E-state index in [2.05, 4.69) is 10.1 Å². The molecule has 0 aliphatic carbocycles. The lowest BCUT2D eigenvalue weighted by Crippen LogP contribution is -2.51. The Hall–Kier alpha value is -4.59. The van der Waals surface area contributed by atoms with Gasteiger partial charge in [-0.25, -0.2) is 9.67 Å². The maximum atomic E-state index is 13.9. The molecule has 3 aromatic carbocycles. The number of carbonyl (C=O) groups is 3. The van der Waals surface area contributed by atoms with Crippen molar-refractivity contribution < 1.29 is 14.4 Å². The fraction of sp³-hybridized carbons (Fsp3) is 0.179. The van der Waals surface area contributed by atoms with E-state index in [1.165, 1.54) is 6.33 Å². The highest BCUT2D eigenvalue weighted by atomic mass is 16.2. The van der Waals surface area contributed by atoms with E-state index in [-0.39, 0.29) is 18.4 Å². The van der Waals surface area contributed by atoms with Crippen LogP contribution >= 0.6 is 0 Å². The van der Waals surface area contributed by atoms with Crippen LogP contribution in [-0.2, 0) is 11.2 Å². The first-order chi connectivity index (χ1) is 17.5. The normalized spacial score (nSPS) is 14.4. The Bertz CT molecular complexity index is 1370. The molecule has 3 amide bonds. The predicted molar refractivity (Wildman–Crippen MR) is 133 cm³/mol. The lowest BCUT2D eigenvalue weighted by atomic mass is 10.0. The minimum Gasteiger partial charge on any atom is -0.337 e. The van der Waals surface area contributed by atoms with E-state index in [4.69, 9.17) is 0 Å². The molecule has 2 unspecified atom stereocenters.